The SMILES string of the molecule is CCCCCCCC(C)[C@H](Cn1cccn1)NC(=O)OC. The molecule has 5 nitrogen and oxygen atoms in total. The van der Waals surface area contributed by atoms with Crippen molar-refractivity contribution >= 4 is 6.09 Å². The van der Waals surface area contributed by atoms with E-state index >= 15 is 0 Å². The van der Waals surface area contributed by atoms with Crippen molar-refractivity contribution in [2.75, 3.05) is 7.11 Å². The largest absolute Gasteiger partial charge is 0.453 e. The van der Waals surface area contributed by atoms with Crippen molar-refractivity contribution in [3.8, 4) is 0 Å². The van der Waals surface area contributed by atoms with Crippen LogP contribution < -0.4 is 5.32 Å². The first-order valence-electron chi connectivity index (χ1n) is 7.99. The first-order chi connectivity index (χ1) is 10.2. The minimum absolute atomic E-state index is 0.0449. The maximum Gasteiger partial charge on any atom is 0.407 e. The highest BCUT2D eigenvalue weighted by Gasteiger charge is 2.20. The average molecular weight is 295 g/mol. The lowest BCUT2D eigenvalue weighted by atomic mass is 9.95. The number of unbranched alkanes of at least 4 members (excludes halogenated alkanes) is 4. The third kappa shape index (κ3) is 7.16. The molecule has 21 heavy (non-hydrogen) atoms. The zero-order valence-electron chi connectivity index (χ0n) is 13.5. The maximum absolute atomic E-state index is 11.5. The van der Waals surface area contributed by atoms with Gasteiger partial charge in [0.05, 0.1) is 19.7 Å². The number of aromatic nitrogens is 2. The van der Waals surface area contributed by atoms with Crippen molar-refractivity contribution in [3.05, 3.63) is 18.5 Å². The third-order valence-corrected chi connectivity index (χ3v) is 3.88. The van der Waals surface area contributed by atoms with Crippen LogP contribution in [0.25, 0.3) is 0 Å². The Balaban J connectivity index is 2.43. The lowest BCUT2D eigenvalue weighted by Crippen LogP contribution is -2.42. The fraction of sp³-hybridized carbons (Fsp3) is 0.750. The second kappa shape index (κ2) is 10.2. The van der Waals surface area contributed by atoms with E-state index in [1.54, 1.807) is 6.20 Å². The summed E-state index contributed by atoms with van der Waals surface area (Å²) in [7, 11) is 1.40. The van der Waals surface area contributed by atoms with E-state index < -0.39 is 0 Å². The number of alkyl carbamates (subject to hydrolysis) is 1. The Morgan fingerprint density at radius 2 is 2.10 bits per heavy atom. The highest BCUT2D eigenvalue weighted by molar-refractivity contribution is 5.67. The van der Waals surface area contributed by atoms with Gasteiger partial charge in [-0.1, -0.05) is 46.0 Å². The van der Waals surface area contributed by atoms with E-state index in [4.69, 9.17) is 4.74 Å². The van der Waals surface area contributed by atoms with Crippen molar-refractivity contribution in [2.45, 2.75) is 65.0 Å². The number of hydrogen-bond acceptors (Lipinski definition) is 3. The fourth-order valence-electron chi connectivity index (χ4n) is 2.46. The van der Waals surface area contributed by atoms with Gasteiger partial charge in [0.15, 0.2) is 0 Å². The van der Waals surface area contributed by atoms with Gasteiger partial charge in [0.2, 0.25) is 0 Å². The molecule has 1 aromatic rings. The van der Waals surface area contributed by atoms with Crippen molar-refractivity contribution < 1.29 is 9.53 Å². The van der Waals surface area contributed by atoms with Crippen LogP contribution in [0.3, 0.4) is 0 Å². The molecule has 0 fully saturated rings. The second-order valence-electron chi connectivity index (χ2n) is 5.65. The molecule has 0 aliphatic rings. The summed E-state index contributed by atoms with van der Waals surface area (Å²) >= 11 is 0. The van der Waals surface area contributed by atoms with Gasteiger partial charge >= 0.3 is 6.09 Å². The van der Waals surface area contributed by atoms with Gasteiger partial charge in [-0.05, 0) is 18.4 Å². The Morgan fingerprint density at radius 3 is 2.71 bits per heavy atom. The normalized spacial score (nSPS) is 13.7. The standard InChI is InChI=1S/C16H29N3O2/c1-4-5-6-7-8-10-14(2)15(18-16(20)21-3)13-19-12-9-11-17-19/h9,11-12,14-15H,4-8,10,13H2,1-3H3,(H,18,20)/t14?,15-/m0/s1. The lowest BCUT2D eigenvalue weighted by molar-refractivity contribution is 0.158. The molecule has 5 heteroatoms. The van der Waals surface area contributed by atoms with Gasteiger partial charge < -0.3 is 10.1 Å². The van der Waals surface area contributed by atoms with Gasteiger partial charge in [0.1, 0.15) is 0 Å². The first kappa shape index (κ1) is 17.5. The highest BCUT2D eigenvalue weighted by atomic mass is 16.5. The molecular formula is C16H29N3O2. The van der Waals surface area contributed by atoms with E-state index in [0.717, 1.165) is 6.42 Å². The molecule has 1 heterocycles. The van der Waals surface area contributed by atoms with Crippen LogP contribution in [0.1, 0.15) is 52.4 Å². The van der Waals surface area contributed by atoms with E-state index in [9.17, 15) is 4.79 Å². The number of hydrogen-bond donors (Lipinski definition) is 1. The van der Waals surface area contributed by atoms with Crippen LogP contribution >= 0.6 is 0 Å². The number of rotatable bonds is 10. The molecule has 1 amide bonds. The zero-order chi connectivity index (χ0) is 15.5. The molecular weight excluding hydrogens is 266 g/mol. The summed E-state index contributed by atoms with van der Waals surface area (Å²) in [6.45, 7) is 5.09. The average Bonchev–Trinajstić information content (AvgIpc) is 2.99. The molecule has 0 saturated carbocycles. The quantitative estimate of drug-likeness (QED) is 0.671. The number of ether oxygens (including phenoxy) is 1. The summed E-state index contributed by atoms with van der Waals surface area (Å²) in [5, 5.41) is 7.15. The van der Waals surface area contributed by atoms with Crippen molar-refractivity contribution in [3.63, 3.8) is 0 Å². The number of amides is 1. The van der Waals surface area contributed by atoms with E-state index in [1.807, 2.05) is 16.9 Å². The maximum atomic E-state index is 11.5. The van der Waals surface area contributed by atoms with Crippen LogP contribution in [-0.2, 0) is 11.3 Å². The Bertz CT molecular complexity index is 379. The molecule has 0 aliphatic heterocycles. The second-order valence-corrected chi connectivity index (χ2v) is 5.65. The van der Waals surface area contributed by atoms with Gasteiger partial charge in [0, 0.05) is 12.4 Å². The number of carbonyl (C=O) groups is 1. The predicted octanol–water partition coefficient (Wildman–Crippen LogP) is 3.60. The Kier molecular flexibility index (Phi) is 8.55. The van der Waals surface area contributed by atoms with Crippen LogP contribution in [0, 0.1) is 5.92 Å². The van der Waals surface area contributed by atoms with Gasteiger partial charge in [-0.2, -0.15) is 5.10 Å². The number of nitrogens with zero attached hydrogens (tertiary/aromatic N) is 2. The Hall–Kier alpha value is -1.52. The van der Waals surface area contributed by atoms with Gasteiger partial charge in [0.25, 0.3) is 0 Å². The Morgan fingerprint density at radius 1 is 1.33 bits per heavy atom. The summed E-state index contributed by atoms with van der Waals surface area (Å²) in [5.41, 5.74) is 0. The number of carbonyl (C=O) groups excluding carboxylic acids is 1. The first-order valence-corrected chi connectivity index (χ1v) is 7.99. The lowest BCUT2D eigenvalue weighted by Gasteiger charge is -2.24. The summed E-state index contributed by atoms with van der Waals surface area (Å²) in [4.78, 5) is 11.5. The van der Waals surface area contributed by atoms with Crippen molar-refractivity contribution in [1.82, 2.24) is 15.1 Å². The van der Waals surface area contributed by atoms with Gasteiger partial charge in [-0.3, -0.25) is 4.68 Å². The molecule has 1 rings (SSSR count). The summed E-state index contributed by atoms with van der Waals surface area (Å²) in [6.07, 6.45) is 10.8. The minimum atomic E-state index is -0.370. The summed E-state index contributed by atoms with van der Waals surface area (Å²) in [6, 6.07) is 1.94. The molecule has 0 spiro atoms. The van der Waals surface area contributed by atoms with Gasteiger partial charge in [-0.15, -0.1) is 0 Å². The van der Waals surface area contributed by atoms with E-state index in [0.29, 0.717) is 12.5 Å². The van der Waals surface area contributed by atoms with Crippen LogP contribution in [0.15, 0.2) is 18.5 Å². The van der Waals surface area contributed by atoms with Crippen molar-refractivity contribution in [2.24, 2.45) is 5.92 Å². The van der Waals surface area contributed by atoms with E-state index in [2.05, 4.69) is 24.3 Å². The molecule has 0 saturated heterocycles. The molecule has 0 aliphatic carbocycles. The summed E-state index contributed by atoms with van der Waals surface area (Å²) < 4.78 is 6.58. The predicted molar refractivity (Wildman–Crippen MR) is 84.1 cm³/mol. The molecule has 1 unspecified atom stereocenters. The van der Waals surface area contributed by atoms with E-state index in [1.165, 1.54) is 39.2 Å². The van der Waals surface area contributed by atoms with Gasteiger partial charge in [-0.25, -0.2) is 4.79 Å². The molecule has 120 valence electrons. The molecule has 0 aromatic carbocycles. The molecule has 2 atom stereocenters. The third-order valence-electron chi connectivity index (χ3n) is 3.88. The fourth-order valence-corrected chi connectivity index (χ4v) is 2.46. The number of methoxy groups -OCH3 is 1. The topological polar surface area (TPSA) is 56.2 Å². The molecule has 1 N–H and O–H groups in total. The van der Waals surface area contributed by atoms with Crippen LogP contribution in [0.4, 0.5) is 4.79 Å². The summed E-state index contributed by atoms with van der Waals surface area (Å²) in [5.74, 6) is 0.398. The van der Waals surface area contributed by atoms with E-state index in [-0.39, 0.29) is 12.1 Å². The smallest absolute Gasteiger partial charge is 0.407 e. The monoisotopic (exact) mass is 295 g/mol. The van der Waals surface area contributed by atoms with Crippen LogP contribution in [0.2, 0.25) is 0 Å². The zero-order valence-corrected chi connectivity index (χ0v) is 13.5. The molecule has 1 aromatic heterocycles. The Labute approximate surface area is 128 Å². The molecule has 0 radical (unpaired) electrons. The van der Waals surface area contributed by atoms with Crippen LogP contribution in [-0.4, -0.2) is 29.0 Å². The van der Waals surface area contributed by atoms with Crippen molar-refractivity contribution in [1.29, 1.82) is 0 Å². The van der Waals surface area contributed by atoms with Crippen LogP contribution in [0.5, 0.6) is 0 Å². The number of nitrogens with one attached hydrogen (secondary N) is 1. The highest BCUT2D eigenvalue weighted by Crippen LogP contribution is 2.16. The minimum Gasteiger partial charge on any atom is -0.453 e. The molecule has 0 bridgehead atoms.